The predicted octanol–water partition coefficient (Wildman–Crippen LogP) is 3.25. The largest absolute Gasteiger partial charge is 0.481 e. The van der Waals surface area contributed by atoms with Gasteiger partial charge in [-0.2, -0.15) is 0 Å². The van der Waals surface area contributed by atoms with Gasteiger partial charge in [-0.05, 0) is 39.7 Å². The number of hydrogen-bond acceptors (Lipinski definition) is 4. The van der Waals surface area contributed by atoms with Crippen LogP contribution in [0.25, 0.3) is 0 Å². The third-order valence-corrected chi connectivity index (χ3v) is 5.97. The first-order valence-corrected chi connectivity index (χ1v) is 8.01. The molecule has 1 aliphatic heterocycles. The summed E-state index contributed by atoms with van der Waals surface area (Å²) in [7, 11) is 0. The predicted molar refractivity (Wildman–Crippen MR) is 81.1 cm³/mol. The topological polar surface area (TPSA) is 53.4 Å². The first-order valence-electron chi connectivity index (χ1n) is 7.19. The quantitative estimate of drug-likeness (QED) is 0.926. The van der Waals surface area contributed by atoms with E-state index in [1.54, 1.807) is 11.3 Å². The Hall–Kier alpha value is -0.940. The highest BCUT2D eigenvalue weighted by Crippen LogP contribution is 2.42. The summed E-state index contributed by atoms with van der Waals surface area (Å²) in [5.41, 5.74) is 0.486. The van der Waals surface area contributed by atoms with Crippen LogP contribution in [0.15, 0.2) is 0 Å². The average Bonchev–Trinajstić information content (AvgIpc) is 2.93. The zero-order valence-electron chi connectivity index (χ0n) is 12.9. The fourth-order valence-electron chi connectivity index (χ4n) is 3.19. The van der Waals surface area contributed by atoms with Crippen molar-refractivity contribution in [3.63, 3.8) is 0 Å². The molecule has 112 valence electrons. The minimum atomic E-state index is -0.653. The smallest absolute Gasteiger partial charge is 0.311 e. The van der Waals surface area contributed by atoms with Crippen LogP contribution in [-0.4, -0.2) is 34.0 Å². The third-order valence-electron chi connectivity index (χ3n) is 4.73. The summed E-state index contributed by atoms with van der Waals surface area (Å²) in [5, 5.41) is 10.7. The van der Waals surface area contributed by atoms with Gasteiger partial charge in [0.15, 0.2) is 0 Å². The number of likely N-dealkylation sites (tertiary alicyclic amines) is 1. The van der Waals surface area contributed by atoms with E-state index >= 15 is 0 Å². The van der Waals surface area contributed by atoms with Crippen LogP contribution < -0.4 is 0 Å². The number of rotatable bonds is 4. The van der Waals surface area contributed by atoms with Gasteiger partial charge in [0, 0.05) is 17.5 Å². The van der Waals surface area contributed by atoms with E-state index in [4.69, 9.17) is 0 Å². The number of carboxylic acid groups (broad SMARTS) is 1. The molecule has 1 fully saturated rings. The van der Waals surface area contributed by atoms with Gasteiger partial charge in [0.05, 0.1) is 16.1 Å². The van der Waals surface area contributed by atoms with Crippen molar-refractivity contribution in [3.05, 3.63) is 15.6 Å². The SMILES string of the molecule is Cc1nc(C)c(C(C)N2CCC(C(=O)O)(C(C)C)C2)s1. The Morgan fingerprint density at radius 3 is 2.45 bits per heavy atom. The number of hydrogen-bond donors (Lipinski definition) is 1. The number of aromatic nitrogens is 1. The van der Waals surface area contributed by atoms with Crippen LogP contribution in [0.2, 0.25) is 0 Å². The Labute approximate surface area is 124 Å². The lowest BCUT2D eigenvalue weighted by Gasteiger charge is -2.30. The number of aryl methyl sites for hydroxylation is 2. The van der Waals surface area contributed by atoms with Crippen LogP contribution in [0, 0.1) is 25.2 Å². The molecule has 2 atom stereocenters. The van der Waals surface area contributed by atoms with Gasteiger partial charge in [0.2, 0.25) is 0 Å². The van der Waals surface area contributed by atoms with Gasteiger partial charge in [-0.15, -0.1) is 11.3 Å². The van der Waals surface area contributed by atoms with Gasteiger partial charge in [-0.1, -0.05) is 13.8 Å². The Morgan fingerprint density at radius 2 is 2.05 bits per heavy atom. The molecule has 0 aliphatic carbocycles. The first kappa shape index (κ1) is 15.4. The van der Waals surface area contributed by atoms with E-state index in [-0.39, 0.29) is 12.0 Å². The van der Waals surface area contributed by atoms with E-state index < -0.39 is 11.4 Å². The molecular weight excluding hydrogens is 272 g/mol. The maximum Gasteiger partial charge on any atom is 0.311 e. The van der Waals surface area contributed by atoms with E-state index in [0.717, 1.165) is 23.7 Å². The second-order valence-corrected chi connectivity index (χ2v) is 7.43. The van der Waals surface area contributed by atoms with Gasteiger partial charge in [-0.3, -0.25) is 9.69 Å². The number of thiazole rings is 1. The maximum atomic E-state index is 11.7. The number of nitrogens with zero attached hydrogens (tertiary/aromatic N) is 2. The lowest BCUT2D eigenvalue weighted by molar-refractivity contribution is -0.151. The molecule has 20 heavy (non-hydrogen) atoms. The highest BCUT2D eigenvalue weighted by Gasteiger charge is 2.48. The van der Waals surface area contributed by atoms with Crippen molar-refractivity contribution < 1.29 is 9.90 Å². The van der Waals surface area contributed by atoms with Crippen LogP contribution >= 0.6 is 11.3 Å². The monoisotopic (exact) mass is 296 g/mol. The van der Waals surface area contributed by atoms with E-state index in [1.807, 2.05) is 27.7 Å². The summed E-state index contributed by atoms with van der Waals surface area (Å²) in [6.07, 6.45) is 0.737. The molecule has 1 aliphatic rings. The van der Waals surface area contributed by atoms with E-state index in [2.05, 4.69) is 16.8 Å². The molecule has 2 rings (SSSR count). The maximum absolute atomic E-state index is 11.7. The van der Waals surface area contributed by atoms with Crippen molar-refractivity contribution in [2.45, 2.75) is 47.1 Å². The van der Waals surface area contributed by atoms with Gasteiger partial charge in [-0.25, -0.2) is 4.98 Å². The Bertz CT molecular complexity index is 512. The van der Waals surface area contributed by atoms with Crippen LogP contribution in [0.4, 0.5) is 0 Å². The minimum absolute atomic E-state index is 0.154. The molecule has 4 nitrogen and oxygen atoms in total. The summed E-state index contributed by atoms with van der Waals surface area (Å²) in [4.78, 5) is 19.8. The Kier molecular flexibility index (Phi) is 4.21. The Morgan fingerprint density at radius 1 is 1.40 bits per heavy atom. The highest BCUT2D eigenvalue weighted by molar-refractivity contribution is 7.11. The molecule has 0 bridgehead atoms. The van der Waals surface area contributed by atoms with E-state index in [9.17, 15) is 9.90 Å². The minimum Gasteiger partial charge on any atom is -0.481 e. The first-order chi connectivity index (χ1) is 9.28. The third kappa shape index (κ3) is 2.49. The second-order valence-electron chi connectivity index (χ2n) is 6.19. The lowest BCUT2D eigenvalue weighted by Crippen LogP contribution is -2.39. The second kappa shape index (κ2) is 5.45. The molecule has 2 unspecified atom stereocenters. The zero-order valence-corrected chi connectivity index (χ0v) is 13.8. The van der Waals surface area contributed by atoms with Gasteiger partial charge >= 0.3 is 5.97 Å². The number of carboxylic acids is 1. The normalized spacial score (nSPS) is 25.3. The molecule has 0 spiro atoms. The average molecular weight is 296 g/mol. The lowest BCUT2D eigenvalue weighted by atomic mass is 9.76. The highest BCUT2D eigenvalue weighted by atomic mass is 32.1. The summed E-state index contributed by atoms with van der Waals surface area (Å²) < 4.78 is 0. The van der Waals surface area contributed by atoms with Crippen LogP contribution in [-0.2, 0) is 4.79 Å². The standard InChI is InChI=1S/C15H24N2O2S/c1-9(2)15(14(18)19)6-7-17(8-15)11(4)13-10(3)16-12(5)20-13/h9,11H,6-8H2,1-5H3,(H,18,19). The van der Waals surface area contributed by atoms with Crippen molar-refractivity contribution in [1.82, 2.24) is 9.88 Å². The summed E-state index contributed by atoms with van der Waals surface area (Å²) >= 11 is 1.73. The van der Waals surface area contributed by atoms with Crippen LogP contribution in [0.5, 0.6) is 0 Å². The van der Waals surface area contributed by atoms with E-state index in [0.29, 0.717) is 6.54 Å². The van der Waals surface area contributed by atoms with Gasteiger partial charge < -0.3 is 5.11 Å². The zero-order chi connectivity index (χ0) is 15.1. The molecule has 1 aromatic rings. The van der Waals surface area contributed by atoms with Crippen molar-refractivity contribution >= 4 is 17.3 Å². The molecule has 0 amide bonds. The molecule has 1 saturated heterocycles. The van der Waals surface area contributed by atoms with Crippen LogP contribution in [0.3, 0.4) is 0 Å². The Balaban J connectivity index is 2.20. The summed E-state index contributed by atoms with van der Waals surface area (Å²) in [5.74, 6) is -0.499. The molecular formula is C15H24N2O2S. The molecule has 0 saturated carbocycles. The van der Waals surface area contributed by atoms with Gasteiger partial charge in [0.25, 0.3) is 0 Å². The molecule has 0 aromatic carbocycles. The molecule has 1 aromatic heterocycles. The van der Waals surface area contributed by atoms with Crippen molar-refractivity contribution in [2.75, 3.05) is 13.1 Å². The number of carbonyl (C=O) groups is 1. The van der Waals surface area contributed by atoms with Crippen LogP contribution in [0.1, 0.15) is 48.8 Å². The molecule has 5 heteroatoms. The molecule has 0 radical (unpaired) electrons. The molecule has 2 heterocycles. The number of aliphatic carboxylic acids is 1. The summed E-state index contributed by atoms with van der Waals surface area (Å²) in [6.45, 7) is 11.7. The fourth-order valence-corrected chi connectivity index (χ4v) is 4.20. The molecule has 1 N–H and O–H groups in total. The van der Waals surface area contributed by atoms with Gasteiger partial charge in [0.1, 0.15) is 0 Å². The van der Waals surface area contributed by atoms with E-state index in [1.165, 1.54) is 4.88 Å². The van der Waals surface area contributed by atoms with Crippen molar-refractivity contribution in [1.29, 1.82) is 0 Å². The van der Waals surface area contributed by atoms with Crippen molar-refractivity contribution in [2.24, 2.45) is 11.3 Å². The fraction of sp³-hybridized carbons (Fsp3) is 0.733. The summed E-state index contributed by atoms with van der Waals surface area (Å²) in [6, 6.07) is 0.251. The van der Waals surface area contributed by atoms with Crippen molar-refractivity contribution in [3.8, 4) is 0 Å².